The summed E-state index contributed by atoms with van der Waals surface area (Å²) in [6.07, 6.45) is 4.27. The molecule has 5 heteroatoms. The first-order valence-electron chi connectivity index (χ1n) is 7.97. The fourth-order valence-corrected chi connectivity index (χ4v) is 3.48. The van der Waals surface area contributed by atoms with E-state index < -0.39 is 0 Å². The Hall–Kier alpha value is -0.770. The van der Waals surface area contributed by atoms with Gasteiger partial charge in [-0.1, -0.05) is 29.3 Å². The minimum Gasteiger partial charge on any atom is -0.342 e. The van der Waals surface area contributed by atoms with Gasteiger partial charge in [-0.3, -0.25) is 9.69 Å². The van der Waals surface area contributed by atoms with Crippen molar-refractivity contribution in [3.8, 4) is 0 Å². The lowest BCUT2D eigenvalue weighted by atomic mass is 10.0. The average Bonchev–Trinajstić information content (AvgIpc) is 3.35. The maximum absolute atomic E-state index is 12.1. The molecule has 3 rings (SSSR count). The summed E-state index contributed by atoms with van der Waals surface area (Å²) < 4.78 is 0. The zero-order valence-electron chi connectivity index (χ0n) is 12.9. The maximum Gasteiger partial charge on any atom is 0.225 e. The van der Waals surface area contributed by atoms with Gasteiger partial charge in [0.1, 0.15) is 0 Å². The molecule has 120 valence electrons. The Morgan fingerprint density at radius 2 is 1.86 bits per heavy atom. The SMILES string of the molecule is CN(C(=O)C1CC1)C1CCN(Cc2ccc(Cl)c(Cl)c2)CC1. The summed E-state index contributed by atoms with van der Waals surface area (Å²) in [4.78, 5) is 16.5. The third-order valence-electron chi connectivity index (χ3n) is 4.77. The number of hydrogen-bond acceptors (Lipinski definition) is 2. The van der Waals surface area contributed by atoms with Gasteiger partial charge in [0.25, 0.3) is 0 Å². The van der Waals surface area contributed by atoms with Crippen molar-refractivity contribution in [1.29, 1.82) is 0 Å². The maximum atomic E-state index is 12.1. The molecular formula is C17H22Cl2N2O. The Balaban J connectivity index is 1.50. The Labute approximate surface area is 142 Å². The number of likely N-dealkylation sites (tertiary alicyclic amines) is 1. The van der Waals surface area contributed by atoms with Crippen LogP contribution in [-0.2, 0) is 11.3 Å². The molecule has 22 heavy (non-hydrogen) atoms. The first-order valence-corrected chi connectivity index (χ1v) is 8.73. The average molecular weight is 341 g/mol. The van der Waals surface area contributed by atoms with E-state index in [4.69, 9.17) is 23.2 Å². The predicted molar refractivity (Wildman–Crippen MR) is 90.3 cm³/mol. The van der Waals surface area contributed by atoms with Crippen LogP contribution in [0, 0.1) is 5.92 Å². The minimum atomic E-state index is 0.319. The molecule has 1 heterocycles. The van der Waals surface area contributed by atoms with E-state index in [0.29, 0.717) is 27.9 Å². The molecule has 2 aliphatic rings. The molecule has 0 bridgehead atoms. The predicted octanol–water partition coefficient (Wildman–Crippen LogP) is 3.83. The van der Waals surface area contributed by atoms with E-state index in [0.717, 1.165) is 45.3 Å². The lowest BCUT2D eigenvalue weighted by molar-refractivity contribution is -0.134. The van der Waals surface area contributed by atoms with Crippen LogP contribution in [0.3, 0.4) is 0 Å². The molecule has 0 atom stereocenters. The minimum absolute atomic E-state index is 0.319. The van der Waals surface area contributed by atoms with Gasteiger partial charge in [0.2, 0.25) is 5.91 Å². The number of rotatable bonds is 4. The molecule has 1 aromatic carbocycles. The van der Waals surface area contributed by atoms with E-state index in [9.17, 15) is 4.79 Å². The number of amides is 1. The molecule has 1 saturated heterocycles. The highest BCUT2D eigenvalue weighted by molar-refractivity contribution is 6.42. The number of nitrogens with zero attached hydrogens (tertiary/aromatic N) is 2. The molecule has 2 fully saturated rings. The molecule has 0 spiro atoms. The molecule has 1 amide bonds. The third kappa shape index (κ3) is 3.76. The highest BCUT2D eigenvalue weighted by Crippen LogP contribution is 2.32. The monoisotopic (exact) mass is 340 g/mol. The summed E-state index contributed by atoms with van der Waals surface area (Å²) in [5.74, 6) is 0.669. The van der Waals surface area contributed by atoms with Crippen molar-refractivity contribution in [1.82, 2.24) is 9.80 Å². The van der Waals surface area contributed by atoms with Gasteiger partial charge in [0.05, 0.1) is 10.0 Å². The first kappa shape index (κ1) is 16.1. The van der Waals surface area contributed by atoms with Crippen LogP contribution in [-0.4, -0.2) is 41.9 Å². The Bertz CT molecular complexity index is 552. The zero-order valence-corrected chi connectivity index (χ0v) is 14.4. The van der Waals surface area contributed by atoms with Gasteiger partial charge in [0.15, 0.2) is 0 Å². The molecular weight excluding hydrogens is 319 g/mol. The van der Waals surface area contributed by atoms with Crippen LogP contribution in [0.4, 0.5) is 0 Å². The van der Waals surface area contributed by atoms with E-state index in [-0.39, 0.29) is 0 Å². The molecule has 1 aliphatic heterocycles. The molecule has 1 aliphatic carbocycles. The van der Waals surface area contributed by atoms with Crippen molar-refractivity contribution in [3.63, 3.8) is 0 Å². The number of piperidine rings is 1. The Morgan fingerprint density at radius 1 is 1.18 bits per heavy atom. The molecule has 0 aromatic heterocycles. The van der Waals surface area contributed by atoms with Gasteiger partial charge in [-0.2, -0.15) is 0 Å². The molecule has 0 N–H and O–H groups in total. The van der Waals surface area contributed by atoms with Gasteiger partial charge in [-0.25, -0.2) is 0 Å². The normalized spacial score (nSPS) is 20.1. The third-order valence-corrected chi connectivity index (χ3v) is 5.51. The highest BCUT2D eigenvalue weighted by atomic mass is 35.5. The van der Waals surface area contributed by atoms with Crippen molar-refractivity contribution in [3.05, 3.63) is 33.8 Å². The van der Waals surface area contributed by atoms with Crippen LogP contribution in [0.15, 0.2) is 18.2 Å². The van der Waals surface area contributed by atoms with Gasteiger partial charge in [0, 0.05) is 38.6 Å². The van der Waals surface area contributed by atoms with Gasteiger partial charge < -0.3 is 4.90 Å². The van der Waals surface area contributed by atoms with Crippen LogP contribution < -0.4 is 0 Å². The van der Waals surface area contributed by atoms with E-state index in [2.05, 4.69) is 4.90 Å². The van der Waals surface area contributed by atoms with Crippen LogP contribution >= 0.6 is 23.2 Å². The standard InChI is InChI=1S/C17H22Cl2N2O/c1-20(17(22)13-3-4-13)14-6-8-21(9-7-14)11-12-2-5-15(18)16(19)10-12/h2,5,10,13-14H,3-4,6-9,11H2,1H3. The summed E-state index contributed by atoms with van der Waals surface area (Å²) >= 11 is 12.0. The number of carbonyl (C=O) groups excluding carboxylic acids is 1. The van der Waals surface area contributed by atoms with E-state index in [1.807, 2.05) is 30.1 Å². The summed E-state index contributed by atoms with van der Waals surface area (Å²) in [5.41, 5.74) is 1.19. The summed E-state index contributed by atoms with van der Waals surface area (Å²) in [6, 6.07) is 6.23. The quantitative estimate of drug-likeness (QED) is 0.831. The molecule has 0 unspecified atom stereocenters. The lowest BCUT2D eigenvalue weighted by Crippen LogP contribution is -2.45. The van der Waals surface area contributed by atoms with Gasteiger partial charge in [-0.15, -0.1) is 0 Å². The second-order valence-corrected chi connectivity index (χ2v) is 7.29. The van der Waals surface area contributed by atoms with Gasteiger partial charge >= 0.3 is 0 Å². The second kappa shape index (κ2) is 6.77. The highest BCUT2D eigenvalue weighted by Gasteiger charge is 2.35. The Kier molecular flexibility index (Phi) is 4.96. The summed E-state index contributed by atoms with van der Waals surface area (Å²) in [6.45, 7) is 2.93. The number of carbonyl (C=O) groups is 1. The largest absolute Gasteiger partial charge is 0.342 e. The molecule has 1 saturated carbocycles. The molecule has 0 radical (unpaired) electrons. The van der Waals surface area contributed by atoms with Crippen LogP contribution in [0.2, 0.25) is 10.0 Å². The molecule has 3 nitrogen and oxygen atoms in total. The van der Waals surface area contributed by atoms with E-state index >= 15 is 0 Å². The van der Waals surface area contributed by atoms with Crippen molar-refractivity contribution in [2.75, 3.05) is 20.1 Å². The molecule has 1 aromatic rings. The number of hydrogen-bond donors (Lipinski definition) is 0. The van der Waals surface area contributed by atoms with E-state index in [1.165, 1.54) is 5.56 Å². The van der Waals surface area contributed by atoms with Crippen molar-refractivity contribution in [2.24, 2.45) is 5.92 Å². The van der Waals surface area contributed by atoms with Crippen molar-refractivity contribution >= 4 is 29.1 Å². The Morgan fingerprint density at radius 3 is 2.45 bits per heavy atom. The van der Waals surface area contributed by atoms with Gasteiger partial charge in [-0.05, 0) is 43.4 Å². The topological polar surface area (TPSA) is 23.6 Å². The second-order valence-electron chi connectivity index (χ2n) is 6.48. The lowest BCUT2D eigenvalue weighted by Gasteiger charge is -2.37. The van der Waals surface area contributed by atoms with Crippen LogP contribution in [0.5, 0.6) is 0 Å². The summed E-state index contributed by atoms with van der Waals surface area (Å²) in [7, 11) is 1.97. The fourth-order valence-electron chi connectivity index (χ4n) is 3.16. The van der Waals surface area contributed by atoms with Crippen molar-refractivity contribution < 1.29 is 4.79 Å². The number of benzene rings is 1. The fraction of sp³-hybridized carbons (Fsp3) is 0.588. The van der Waals surface area contributed by atoms with E-state index in [1.54, 1.807) is 0 Å². The summed E-state index contributed by atoms with van der Waals surface area (Å²) in [5, 5.41) is 1.22. The van der Waals surface area contributed by atoms with Crippen LogP contribution in [0.1, 0.15) is 31.2 Å². The smallest absolute Gasteiger partial charge is 0.225 e. The van der Waals surface area contributed by atoms with Crippen LogP contribution in [0.25, 0.3) is 0 Å². The first-order chi connectivity index (χ1) is 10.5. The zero-order chi connectivity index (χ0) is 15.7. The number of halogens is 2. The van der Waals surface area contributed by atoms with Crippen molar-refractivity contribution in [2.45, 2.75) is 38.3 Å².